The molecule has 1 aliphatic heterocycles. The molecule has 2 N–H and O–H groups in total. The Labute approximate surface area is 112 Å². The second-order valence-electron chi connectivity index (χ2n) is 7.04. The van der Waals surface area contributed by atoms with Crippen molar-refractivity contribution in [2.75, 3.05) is 6.54 Å². The molecule has 3 fully saturated rings. The maximum atomic E-state index is 4.04. The lowest BCUT2D eigenvalue weighted by Crippen LogP contribution is -2.49. The maximum absolute atomic E-state index is 4.04. The van der Waals surface area contributed by atoms with E-state index < -0.39 is 0 Å². The molecule has 0 aromatic carbocycles. The Morgan fingerprint density at radius 3 is 2.56 bits per heavy atom. The van der Waals surface area contributed by atoms with Gasteiger partial charge in [-0.2, -0.15) is 0 Å². The summed E-state index contributed by atoms with van der Waals surface area (Å²) in [7, 11) is 0. The first kappa shape index (κ1) is 12.9. The zero-order valence-corrected chi connectivity index (χ0v) is 12.0. The van der Waals surface area contributed by atoms with Crippen LogP contribution in [0.1, 0.15) is 64.7 Å². The van der Waals surface area contributed by atoms with Crippen LogP contribution < -0.4 is 10.6 Å². The molecule has 1 saturated heterocycles. The van der Waals surface area contributed by atoms with E-state index in [-0.39, 0.29) is 0 Å². The Morgan fingerprint density at radius 1 is 0.944 bits per heavy atom. The molecular formula is C16H30N2. The van der Waals surface area contributed by atoms with Crippen LogP contribution >= 0.6 is 0 Å². The number of rotatable bonds is 3. The molecule has 0 amide bonds. The fourth-order valence-electron chi connectivity index (χ4n) is 4.59. The van der Waals surface area contributed by atoms with Gasteiger partial charge in [0.2, 0.25) is 0 Å². The van der Waals surface area contributed by atoms with Crippen molar-refractivity contribution in [3.8, 4) is 0 Å². The van der Waals surface area contributed by atoms with Crippen LogP contribution in [0.25, 0.3) is 0 Å². The van der Waals surface area contributed by atoms with Crippen LogP contribution in [-0.4, -0.2) is 24.7 Å². The molecule has 18 heavy (non-hydrogen) atoms. The molecular weight excluding hydrogens is 220 g/mol. The molecule has 5 atom stereocenters. The van der Waals surface area contributed by atoms with Gasteiger partial charge in [0.25, 0.3) is 0 Å². The van der Waals surface area contributed by atoms with Gasteiger partial charge in [-0.25, -0.2) is 0 Å². The average Bonchev–Trinajstić information content (AvgIpc) is 3.02. The number of hydrogen-bond acceptors (Lipinski definition) is 2. The van der Waals surface area contributed by atoms with Gasteiger partial charge in [-0.15, -0.1) is 0 Å². The van der Waals surface area contributed by atoms with Crippen LogP contribution in [0.2, 0.25) is 0 Å². The molecule has 2 saturated carbocycles. The third-order valence-electron chi connectivity index (χ3n) is 5.58. The lowest BCUT2D eigenvalue weighted by Gasteiger charge is -2.38. The molecule has 1 heterocycles. The maximum Gasteiger partial charge on any atom is 0.0113 e. The Morgan fingerprint density at radius 2 is 1.83 bits per heavy atom. The van der Waals surface area contributed by atoms with E-state index in [0.29, 0.717) is 0 Å². The zero-order chi connectivity index (χ0) is 12.4. The van der Waals surface area contributed by atoms with E-state index in [1.165, 1.54) is 64.3 Å². The van der Waals surface area contributed by atoms with Crippen LogP contribution in [0.4, 0.5) is 0 Å². The van der Waals surface area contributed by atoms with Crippen molar-refractivity contribution >= 4 is 0 Å². The number of hydrogen-bond donors (Lipinski definition) is 2. The second kappa shape index (κ2) is 5.92. The smallest absolute Gasteiger partial charge is 0.0113 e. The van der Waals surface area contributed by atoms with Crippen molar-refractivity contribution in [3.05, 3.63) is 0 Å². The van der Waals surface area contributed by atoms with E-state index in [9.17, 15) is 0 Å². The Balaban J connectivity index is 1.57. The van der Waals surface area contributed by atoms with Crippen LogP contribution in [0.5, 0.6) is 0 Å². The first-order valence-corrected chi connectivity index (χ1v) is 8.32. The average molecular weight is 250 g/mol. The van der Waals surface area contributed by atoms with Crippen molar-refractivity contribution < 1.29 is 0 Å². The molecule has 0 aromatic heterocycles. The van der Waals surface area contributed by atoms with E-state index in [1.807, 2.05) is 0 Å². The van der Waals surface area contributed by atoms with E-state index in [2.05, 4.69) is 17.6 Å². The summed E-state index contributed by atoms with van der Waals surface area (Å²) in [5.41, 5.74) is 0. The fourth-order valence-corrected chi connectivity index (χ4v) is 4.59. The summed E-state index contributed by atoms with van der Waals surface area (Å²) in [5.74, 6) is 1.87. The fraction of sp³-hybridized carbons (Fsp3) is 1.00. The van der Waals surface area contributed by atoms with Crippen LogP contribution in [0.15, 0.2) is 0 Å². The Bertz CT molecular complexity index is 260. The van der Waals surface area contributed by atoms with Gasteiger partial charge in [0.1, 0.15) is 0 Å². The molecule has 104 valence electrons. The van der Waals surface area contributed by atoms with E-state index in [4.69, 9.17) is 0 Å². The van der Waals surface area contributed by atoms with Crippen LogP contribution in [0, 0.1) is 11.8 Å². The predicted octanol–water partition coefficient (Wildman–Crippen LogP) is 3.08. The van der Waals surface area contributed by atoms with Crippen LogP contribution in [0.3, 0.4) is 0 Å². The minimum Gasteiger partial charge on any atom is -0.314 e. The zero-order valence-electron chi connectivity index (χ0n) is 12.0. The van der Waals surface area contributed by atoms with E-state index in [1.54, 1.807) is 0 Å². The summed E-state index contributed by atoms with van der Waals surface area (Å²) >= 11 is 0. The summed E-state index contributed by atoms with van der Waals surface area (Å²) in [6, 6.07) is 2.46. The number of nitrogens with one attached hydrogen (secondary N) is 2. The standard InChI is InChI=1S/C16H30N2/c1-12-8-9-13(11-12)18-16-6-3-2-5-14(16)15-7-4-10-17-15/h12-18H,2-11H2,1H3. The van der Waals surface area contributed by atoms with Gasteiger partial charge in [-0.3, -0.25) is 0 Å². The van der Waals surface area contributed by atoms with Gasteiger partial charge in [-0.1, -0.05) is 19.8 Å². The van der Waals surface area contributed by atoms with Crippen LogP contribution in [-0.2, 0) is 0 Å². The van der Waals surface area contributed by atoms with Gasteiger partial charge in [0, 0.05) is 18.1 Å². The molecule has 5 unspecified atom stereocenters. The molecule has 3 aliphatic rings. The molecule has 2 nitrogen and oxygen atoms in total. The minimum atomic E-state index is 0.810. The Kier molecular flexibility index (Phi) is 4.25. The highest BCUT2D eigenvalue weighted by Crippen LogP contribution is 2.33. The van der Waals surface area contributed by atoms with Crippen molar-refractivity contribution in [2.45, 2.75) is 82.8 Å². The normalized spacial score (nSPS) is 45.5. The molecule has 0 aromatic rings. The molecule has 0 spiro atoms. The first-order valence-electron chi connectivity index (χ1n) is 8.32. The molecule has 2 aliphatic carbocycles. The predicted molar refractivity (Wildman–Crippen MR) is 76.7 cm³/mol. The quantitative estimate of drug-likeness (QED) is 0.804. The minimum absolute atomic E-state index is 0.810. The lowest BCUT2D eigenvalue weighted by atomic mass is 9.79. The van der Waals surface area contributed by atoms with Crippen molar-refractivity contribution in [3.63, 3.8) is 0 Å². The van der Waals surface area contributed by atoms with Crippen molar-refractivity contribution in [1.82, 2.24) is 10.6 Å². The van der Waals surface area contributed by atoms with Crippen molar-refractivity contribution in [1.29, 1.82) is 0 Å². The molecule has 2 heteroatoms. The third kappa shape index (κ3) is 2.91. The molecule has 3 rings (SSSR count). The highest BCUT2D eigenvalue weighted by molar-refractivity contribution is 4.93. The molecule has 0 radical (unpaired) electrons. The summed E-state index contributed by atoms with van der Waals surface area (Å²) in [5, 5.41) is 7.79. The SMILES string of the molecule is CC1CCC(NC2CCCCC2C2CCCN2)C1. The first-order chi connectivity index (χ1) is 8.83. The lowest BCUT2D eigenvalue weighted by molar-refractivity contribution is 0.200. The molecule has 0 bridgehead atoms. The second-order valence-corrected chi connectivity index (χ2v) is 7.04. The third-order valence-corrected chi connectivity index (χ3v) is 5.58. The topological polar surface area (TPSA) is 24.1 Å². The summed E-state index contributed by atoms with van der Waals surface area (Å²) in [4.78, 5) is 0. The van der Waals surface area contributed by atoms with Gasteiger partial charge in [0.15, 0.2) is 0 Å². The highest BCUT2D eigenvalue weighted by atomic mass is 15.0. The van der Waals surface area contributed by atoms with Gasteiger partial charge >= 0.3 is 0 Å². The largest absolute Gasteiger partial charge is 0.314 e. The monoisotopic (exact) mass is 250 g/mol. The Hall–Kier alpha value is -0.0800. The van der Waals surface area contributed by atoms with Gasteiger partial charge in [-0.05, 0) is 63.3 Å². The summed E-state index contributed by atoms with van der Waals surface area (Å²) < 4.78 is 0. The van der Waals surface area contributed by atoms with Gasteiger partial charge < -0.3 is 10.6 Å². The van der Waals surface area contributed by atoms with Gasteiger partial charge in [0.05, 0.1) is 0 Å². The summed E-state index contributed by atoms with van der Waals surface area (Å²) in [6.07, 6.45) is 12.9. The van der Waals surface area contributed by atoms with Crippen molar-refractivity contribution in [2.24, 2.45) is 11.8 Å². The van der Waals surface area contributed by atoms with E-state index >= 15 is 0 Å². The van der Waals surface area contributed by atoms with E-state index in [0.717, 1.165) is 30.0 Å². The highest BCUT2D eigenvalue weighted by Gasteiger charge is 2.35. The summed E-state index contributed by atoms with van der Waals surface area (Å²) in [6.45, 7) is 3.67.